The largest absolute Gasteiger partial charge is 0.489 e. The first-order chi connectivity index (χ1) is 12.8. The highest BCUT2D eigenvalue weighted by molar-refractivity contribution is 5.79. The lowest BCUT2D eigenvalue weighted by Gasteiger charge is -2.13. The minimum absolute atomic E-state index is 0.00892. The zero-order chi connectivity index (χ0) is 19.9. The molecule has 0 saturated carbocycles. The van der Waals surface area contributed by atoms with Crippen LogP contribution in [0.5, 0.6) is 5.75 Å². The van der Waals surface area contributed by atoms with Crippen LogP contribution in [0.1, 0.15) is 39.3 Å². The molecule has 0 atom stereocenters. The van der Waals surface area contributed by atoms with Gasteiger partial charge in [0, 0.05) is 18.0 Å². The van der Waals surface area contributed by atoms with E-state index in [1.807, 2.05) is 6.92 Å². The highest BCUT2D eigenvalue weighted by Crippen LogP contribution is 2.22. The molecular weight excluding hydrogens is 354 g/mol. The second kappa shape index (κ2) is 9.34. The van der Waals surface area contributed by atoms with Crippen LogP contribution in [0.15, 0.2) is 33.8 Å². The van der Waals surface area contributed by atoms with Crippen molar-refractivity contribution in [3.8, 4) is 5.75 Å². The van der Waals surface area contributed by atoms with Crippen molar-refractivity contribution < 1.29 is 17.9 Å². The Balaban J connectivity index is 1.85. The van der Waals surface area contributed by atoms with Gasteiger partial charge in [-0.05, 0) is 19.1 Å². The van der Waals surface area contributed by atoms with E-state index < -0.39 is 11.6 Å². The summed E-state index contributed by atoms with van der Waals surface area (Å²) in [6.45, 7) is 9.66. The Morgan fingerprint density at radius 1 is 1.26 bits per heavy atom. The summed E-state index contributed by atoms with van der Waals surface area (Å²) < 4.78 is 37.4. The van der Waals surface area contributed by atoms with Gasteiger partial charge in [0.1, 0.15) is 24.7 Å². The minimum Gasteiger partial charge on any atom is -0.489 e. The maximum atomic E-state index is 13.5. The number of nitrogens with one attached hydrogen (secondary N) is 2. The number of hydrogen-bond donors (Lipinski definition) is 2. The SMILES string of the molecule is CCNC(=NCc1ncc(C(C)(C)C)o1)NCCOc1ccc(F)cc1F. The zero-order valence-electron chi connectivity index (χ0n) is 16.1. The molecule has 1 aromatic heterocycles. The van der Waals surface area contributed by atoms with E-state index in [9.17, 15) is 8.78 Å². The van der Waals surface area contributed by atoms with E-state index in [0.29, 0.717) is 31.5 Å². The predicted octanol–water partition coefficient (Wildman–Crippen LogP) is 3.38. The van der Waals surface area contributed by atoms with Crippen molar-refractivity contribution in [1.29, 1.82) is 0 Å². The first-order valence-electron chi connectivity index (χ1n) is 8.85. The Hall–Kier alpha value is -2.64. The van der Waals surface area contributed by atoms with Crippen LogP contribution in [-0.2, 0) is 12.0 Å². The smallest absolute Gasteiger partial charge is 0.216 e. The van der Waals surface area contributed by atoms with Gasteiger partial charge in [0.25, 0.3) is 0 Å². The van der Waals surface area contributed by atoms with Crippen LogP contribution in [0, 0.1) is 11.6 Å². The molecule has 1 aromatic carbocycles. The molecule has 2 N–H and O–H groups in total. The monoisotopic (exact) mass is 380 g/mol. The summed E-state index contributed by atoms with van der Waals surface area (Å²) >= 11 is 0. The molecule has 8 heteroatoms. The van der Waals surface area contributed by atoms with Crippen LogP contribution in [0.3, 0.4) is 0 Å². The van der Waals surface area contributed by atoms with Gasteiger partial charge in [0.05, 0.1) is 12.7 Å². The quantitative estimate of drug-likeness (QED) is 0.438. The van der Waals surface area contributed by atoms with Crippen LogP contribution in [0.25, 0.3) is 0 Å². The lowest BCUT2D eigenvalue weighted by molar-refractivity contribution is 0.304. The molecule has 0 fully saturated rings. The van der Waals surface area contributed by atoms with E-state index in [4.69, 9.17) is 9.15 Å². The molecule has 0 unspecified atom stereocenters. The predicted molar refractivity (Wildman–Crippen MR) is 99.9 cm³/mol. The molecule has 0 bridgehead atoms. The normalized spacial score (nSPS) is 12.1. The Morgan fingerprint density at radius 3 is 2.67 bits per heavy atom. The Morgan fingerprint density at radius 2 is 2.04 bits per heavy atom. The fourth-order valence-electron chi connectivity index (χ4n) is 2.14. The lowest BCUT2D eigenvalue weighted by Crippen LogP contribution is -2.39. The molecule has 6 nitrogen and oxygen atoms in total. The average molecular weight is 380 g/mol. The van der Waals surface area contributed by atoms with E-state index in [-0.39, 0.29) is 17.8 Å². The second-order valence-corrected chi connectivity index (χ2v) is 6.91. The minimum atomic E-state index is -0.728. The van der Waals surface area contributed by atoms with Gasteiger partial charge in [0.15, 0.2) is 17.5 Å². The topological polar surface area (TPSA) is 71.7 Å². The highest BCUT2D eigenvalue weighted by Gasteiger charge is 2.19. The van der Waals surface area contributed by atoms with E-state index in [1.54, 1.807) is 6.20 Å². The van der Waals surface area contributed by atoms with Crippen molar-refractivity contribution in [2.75, 3.05) is 19.7 Å². The molecule has 0 saturated heterocycles. The van der Waals surface area contributed by atoms with Gasteiger partial charge in [-0.2, -0.15) is 0 Å². The van der Waals surface area contributed by atoms with E-state index in [2.05, 4.69) is 41.4 Å². The van der Waals surface area contributed by atoms with Gasteiger partial charge in [-0.1, -0.05) is 20.8 Å². The van der Waals surface area contributed by atoms with Gasteiger partial charge in [-0.15, -0.1) is 0 Å². The molecule has 148 valence electrons. The van der Waals surface area contributed by atoms with Crippen molar-refractivity contribution in [2.45, 2.75) is 39.7 Å². The van der Waals surface area contributed by atoms with Gasteiger partial charge < -0.3 is 19.8 Å². The summed E-state index contributed by atoms with van der Waals surface area (Å²) in [4.78, 5) is 8.65. The maximum absolute atomic E-state index is 13.5. The van der Waals surface area contributed by atoms with Crippen molar-refractivity contribution in [2.24, 2.45) is 4.99 Å². The van der Waals surface area contributed by atoms with Gasteiger partial charge in [0.2, 0.25) is 5.89 Å². The molecule has 0 aliphatic rings. The summed E-state index contributed by atoms with van der Waals surface area (Å²) in [5.74, 6) is 0.544. The standard InChI is InChI=1S/C19H26F2N4O2/c1-5-22-18(25-12-17-24-11-16(27-17)19(2,3)4)23-8-9-26-15-7-6-13(20)10-14(15)21/h6-7,10-11H,5,8-9,12H2,1-4H3,(H2,22,23,25). The third kappa shape index (κ3) is 6.54. The zero-order valence-corrected chi connectivity index (χ0v) is 16.1. The molecule has 0 spiro atoms. The number of rotatable bonds is 7. The third-order valence-corrected chi connectivity index (χ3v) is 3.56. The van der Waals surface area contributed by atoms with E-state index in [1.165, 1.54) is 6.07 Å². The number of hydrogen-bond acceptors (Lipinski definition) is 4. The van der Waals surface area contributed by atoms with Crippen LogP contribution < -0.4 is 15.4 Å². The Kier molecular flexibility index (Phi) is 7.15. The highest BCUT2D eigenvalue weighted by atomic mass is 19.1. The summed E-state index contributed by atoms with van der Waals surface area (Å²) in [5.41, 5.74) is -0.106. The van der Waals surface area contributed by atoms with E-state index in [0.717, 1.165) is 17.9 Å². The molecule has 0 amide bonds. The number of benzene rings is 1. The molecule has 0 radical (unpaired) electrons. The summed E-state index contributed by atoms with van der Waals surface area (Å²) in [7, 11) is 0. The summed E-state index contributed by atoms with van der Waals surface area (Å²) in [6.07, 6.45) is 1.72. The van der Waals surface area contributed by atoms with Gasteiger partial charge in [-0.3, -0.25) is 0 Å². The lowest BCUT2D eigenvalue weighted by atomic mass is 9.94. The van der Waals surface area contributed by atoms with Crippen molar-refractivity contribution >= 4 is 5.96 Å². The maximum Gasteiger partial charge on any atom is 0.216 e. The average Bonchev–Trinajstić information content (AvgIpc) is 3.07. The van der Waals surface area contributed by atoms with Crippen molar-refractivity contribution in [3.05, 3.63) is 47.7 Å². The van der Waals surface area contributed by atoms with Crippen LogP contribution >= 0.6 is 0 Å². The second-order valence-electron chi connectivity index (χ2n) is 6.91. The number of aliphatic imine (C=N–C) groups is 1. The number of aromatic nitrogens is 1. The molecular formula is C19H26F2N4O2. The number of halogens is 2. The van der Waals surface area contributed by atoms with E-state index >= 15 is 0 Å². The number of guanidine groups is 1. The Bertz CT molecular complexity index is 769. The molecule has 27 heavy (non-hydrogen) atoms. The first-order valence-corrected chi connectivity index (χ1v) is 8.85. The number of ether oxygens (including phenoxy) is 1. The fraction of sp³-hybridized carbons (Fsp3) is 0.474. The van der Waals surface area contributed by atoms with Crippen molar-refractivity contribution in [1.82, 2.24) is 15.6 Å². The van der Waals surface area contributed by atoms with Crippen LogP contribution in [0.4, 0.5) is 8.78 Å². The van der Waals surface area contributed by atoms with Crippen molar-refractivity contribution in [3.63, 3.8) is 0 Å². The molecule has 1 heterocycles. The van der Waals surface area contributed by atoms with Gasteiger partial charge in [-0.25, -0.2) is 18.8 Å². The third-order valence-electron chi connectivity index (χ3n) is 3.56. The number of nitrogens with zero attached hydrogens (tertiary/aromatic N) is 2. The number of oxazole rings is 1. The molecule has 2 rings (SSSR count). The van der Waals surface area contributed by atoms with Crippen LogP contribution in [0.2, 0.25) is 0 Å². The first kappa shape index (κ1) is 20.7. The molecule has 0 aliphatic heterocycles. The molecule has 0 aliphatic carbocycles. The van der Waals surface area contributed by atoms with Gasteiger partial charge >= 0.3 is 0 Å². The summed E-state index contributed by atoms with van der Waals surface area (Å²) in [6, 6.07) is 3.20. The van der Waals surface area contributed by atoms with Crippen LogP contribution in [-0.4, -0.2) is 30.6 Å². The molecule has 2 aromatic rings. The summed E-state index contributed by atoms with van der Waals surface area (Å²) in [5, 5.41) is 6.17. The Labute approximate surface area is 158 Å². The fourth-order valence-corrected chi connectivity index (χ4v) is 2.14.